The van der Waals surface area contributed by atoms with Crippen LogP contribution in [0.1, 0.15) is 0 Å². The molecule has 88 valence electrons. The second kappa shape index (κ2) is 4.37. The zero-order chi connectivity index (χ0) is 12.4. The maximum absolute atomic E-state index is 9.23. The minimum Gasteiger partial charge on any atom is -0.508 e. The van der Waals surface area contributed by atoms with E-state index in [2.05, 4.69) is 0 Å². The molecular formula is C15H12NO2+. The van der Waals surface area contributed by atoms with Crippen LogP contribution in [0.3, 0.4) is 0 Å². The zero-order valence-electron chi connectivity index (χ0n) is 9.65. The first-order valence-electron chi connectivity index (χ1n) is 5.70. The fourth-order valence-electron chi connectivity index (χ4n) is 1.83. The summed E-state index contributed by atoms with van der Waals surface area (Å²) < 4.78 is 1.71. The van der Waals surface area contributed by atoms with Crippen LogP contribution in [0.2, 0.25) is 0 Å². The molecule has 0 aliphatic heterocycles. The first-order valence-corrected chi connectivity index (χ1v) is 5.70. The van der Waals surface area contributed by atoms with Gasteiger partial charge in [-0.2, -0.15) is 0 Å². The van der Waals surface area contributed by atoms with E-state index in [1.807, 2.05) is 42.6 Å². The van der Waals surface area contributed by atoms with Crippen molar-refractivity contribution in [3.05, 3.63) is 66.9 Å². The molecule has 0 aliphatic carbocycles. The number of nitrogens with zero attached hydrogens (tertiary/aromatic N) is 1. The Balaban J connectivity index is 2.02. The molecule has 3 aromatic rings. The van der Waals surface area contributed by atoms with E-state index in [-0.39, 0.29) is 5.75 Å². The molecule has 0 amide bonds. The number of aromatic hydroxyl groups is 1. The van der Waals surface area contributed by atoms with Gasteiger partial charge < -0.3 is 5.11 Å². The van der Waals surface area contributed by atoms with Crippen molar-refractivity contribution in [1.82, 2.24) is 0 Å². The fraction of sp³-hybridized carbons (Fsp3) is 0. The van der Waals surface area contributed by atoms with Gasteiger partial charge in [0, 0.05) is 16.9 Å². The molecule has 0 unspecified atom stereocenters. The lowest BCUT2D eigenvalue weighted by Crippen LogP contribution is -2.39. The average Bonchev–Trinajstić information content (AvgIpc) is 2.42. The fourth-order valence-corrected chi connectivity index (χ4v) is 1.83. The first-order chi connectivity index (χ1) is 8.83. The van der Waals surface area contributed by atoms with E-state index < -0.39 is 0 Å². The van der Waals surface area contributed by atoms with Crippen LogP contribution < -0.4 is 9.57 Å². The lowest BCUT2D eigenvalue weighted by molar-refractivity contribution is -0.854. The topological polar surface area (TPSA) is 33.3 Å². The quantitative estimate of drug-likeness (QED) is 0.696. The third-order valence-corrected chi connectivity index (χ3v) is 2.71. The number of phenolic OH excluding ortho intramolecular Hbond substituents is 1. The molecule has 0 aliphatic rings. The van der Waals surface area contributed by atoms with Gasteiger partial charge in [-0.25, -0.2) is 4.84 Å². The Bertz CT molecular complexity index is 672. The van der Waals surface area contributed by atoms with Gasteiger partial charge in [0.1, 0.15) is 5.75 Å². The van der Waals surface area contributed by atoms with Crippen LogP contribution in [0, 0.1) is 0 Å². The van der Waals surface area contributed by atoms with E-state index in [1.54, 1.807) is 29.0 Å². The van der Waals surface area contributed by atoms with Gasteiger partial charge in [-0.15, -0.1) is 0 Å². The summed E-state index contributed by atoms with van der Waals surface area (Å²) in [5.41, 5.74) is 0.994. The van der Waals surface area contributed by atoms with Crippen molar-refractivity contribution in [3.8, 4) is 11.5 Å². The SMILES string of the molecule is Oc1ccc(O[n+]2cccc3ccccc32)cc1. The molecule has 3 nitrogen and oxygen atoms in total. The predicted octanol–water partition coefficient (Wildman–Crippen LogP) is 2.68. The predicted molar refractivity (Wildman–Crippen MR) is 68.3 cm³/mol. The maximum Gasteiger partial charge on any atom is 0.265 e. The Labute approximate surface area is 104 Å². The van der Waals surface area contributed by atoms with Crippen molar-refractivity contribution in [2.24, 2.45) is 0 Å². The summed E-state index contributed by atoms with van der Waals surface area (Å²) in [6.45, 7) is 0. The third kappa shape index (κ3) is 1.98. The van der Waals surface area contributed by atoms with Crippen molar-refractivity contribution in [2.45, 2.75) is 0 Å². The Hall–Kier alpha value is -2.55. The van der Waals surface area contributed by atoms with Crippen LogP contribution in [0.4, 0.5) is 0 Å². The van der Waals surface area contributed by atoms with Crippen LogP contribution in [-0.4, -0.2) is 5.11 Å². The van der Waals surface area contributed by atoms with Gasteiger partial charge in [0.25, 0.3) is 5.52 Å². The number of fused-ring (bicyclic) bond motifs is 1. The van der Waals surface area contributed by atoms with E-state index in [4.69, 9.17) is 4.84 Å². The molecule has 1 aromatic heterocycles. The highest BCUT2D eigenvalue weighted by atomic mass is 16.7. The third-order valence-electron chi connectivity index (χ3n) is 2.71. The highest BCUT2D eigenvalue weighted by Gasteiger charge is 2.10. The Morgan fingerprint density at radius 1 is 0.833 bits per heavy atom. The van der Waals surface area contributed by atoms with Gasteiger partial charge in [-0.3, -0.25) is 0 Å². The molecule has 0 bridgehead atoms. The van der Waals surface area contributed by atoms with Crippen molar-refractivity contribution in [2.75, 3.05) is 0 Å². The van der Waals surface area contributed by atoms with Gasteiger partial charge in [0.15, 0.2) is 0 Å². The molecule has 0 radical (unpaired) electrons. The second-order valence-electron chi connectivity index (χ2n) is 3.98. The number of pyridine rings is 1. The van der Waals surface area contributed by atoms with E-state index in [0.29, 0.717) is 5.75 Å². The molecule has 3 heteroatoms. The van der Waals surface area contributed by atoms with Crippen molar-refractivity contribution in [3.63, 3.8) is 0 Å². The molecule has 0 atom stereocenters. The first kappa shape index (κ1) is 10.6. The van der Waals surface area contributed by atoms with Gasteiger partial charge in [-0.05, 0) is 36.4 Å². The van der Waals surface area contributed by atoms with E-state index in [1.165, 1.54) is 0 Å². The summed E-state index contributed by atoms with van der Waals surface area (Å²) >= 11 is 0. The number of rotatable bonds is 2. The number of phenols is 1. The normalized spacial score (nSPS) is 10.4. The molecule has 0 fully saturated rings. The molecular weight excluding hydrogens is 226 g/mol. The smallest absolute Gasteiger partial charge is 0.265 e. The average molecular weight is 238 g/mol. The molecule has 18 heavy (non-hydrogen) atoms. The monoisotopic (exact) mass is 238 g/mol. The minimum atomic E-state index is 0.227. The van der Waals surface area contributed by atoms with E-state index in [0.717, 1.165) is 10.9 Å². The van der Waals surface area contributed by atoms with E-state index in [9.17, 15) is 5.11 Å². The summed E-state index contributed by atoms with van der Waals surface area (Å²) in [5, 5.41) is 10.3. The van der Waals surface area contributed by atoms with Crippen molar-refractivity contribution >= 4 is 10.9 Å². The van der Waals surface area contributed by atoms with Crippen LogP contribution in [0.25, 0.3) is 10.9 Å². The maximum atomic E-state index is 9.23. The lowest BCUT2D eigenvalue weighted by atomic mass is 10.2. The van der Waals surface area contributed by atoms with Gasteiger partial charge in [-0.1, -0.05) is 12.1 Å². The van der Waals surface area contributed by atoms with Gasteiger partial charge in [0.2, 0.25) is 11.9 Å². The number of hydrogen-bond donors (Lipinski definition) is 1. The highest BCUT2D eigenvalue weighted by molar-refractivity contribution is 5.74. The highest BCUT2D eigenvalue weighted by Crippen LogP contribution is 2.16. The second-order valence-corrected chi connectivity index (χ2v) is 3.98. The molecule has 2 aromatic carbocycles. The number of hydrogen-bond acceptors (Lipinski definition) is 2. The summed E-state index contributed by atoms with van der Waals surface area (Å²) in [7, 11) is 0. The number of benzene rings is 2. The standard InChI is InChI=1S/C15H11NO2/c17-13-7-9-14(10-8-13)18-16-11-3-5-12-4-1-2-6-15(12)16/h1-11H/p+1. The molecule has 0 spiro atoms. The summed E-state index contributed by atoms with van der Waals surface area (Å²) in [5.74, 6) is 0.902. The summed E-state index contributed by atoms with van der Waals surface area (Å²) in [6, 6.07) is 18.6. The number of aromatic nitrogens is 1. The van der Waals surface area contributed by atoms with Gasteiger partial charge in [0.05, 0.1) is 5.39 Å². The molecule has 0 saturated carbocycles. The number of para-hydroxylation sites is 1. The van der Waals surface area contributed by atoms with Crippen molar-refractivity contribution in [1.29, 1.82) is 0 Å². The Morgan fingerprint density at radius 3 is 2.39 bits per heavy atom. The Kier molecular flexibility index (Phi) is 2.57. The zero-order valence-corrected chi connectivity index (χ0v) is 9.65. The Morgan fingerprint density at radius 2 is 1.56 bits per heavy atom. The summed E-state index contributed by atoms with van der Waals surface area (Å²) in [4.78, 5) is 5.75. The molecule has 1 N–H and O–H groups in total. The van der Waals surface area contributed by atoms with Crippen LogP contribution in [0.5, 0.6) is 11.5 Å². The molecule has 3 rings (SSSR count). The lowest BCUT2D eigenvalue weighted by Gasteiger charge is -2.00. The van der Waals surface area contributed by atoms with Gasteiger partial charge >= 0.3 is 0 Å². The van der Waals surface area contributed by atoms with Crippen LogP contribution >= 0.6 is 0 Å². The van der Waals surface area contributed by atoms with E-state index >= 15 is 0 Å². The van der Waals surface area contributed by atoms with Crippen LogP contribution in [0.15, 0.2) is 66.9 Å². The summed E-state index contributed by atoms with van der Waals surface area (Å²) in [6.07, 6.45) is 1.86. The van der Waals surface area contributed by atoms with Crippen LogP contribution in [-0.2, 0) is 0 Å². The molecule has 0 saturated heterocycles. The van der Waals surface area contributed by atoms with Crippen molar-refractivity contribution < 1.29 is 14.7 Å². The largest absolute Gasteiger partial charge is 0.508 e. The molecule has 1 heterocycles. The minimum absolute atomic E-state index is 0.227.